The van der Waals surface area contributed by atoms with Gasteiger partial charge in [0.2, 0.25) is 5.88 Å². The topological polar surface area (TPSA) is 75.4 Å². The van der Waals surface area contributed by atoms with Gasteiger partial charge in [-0.15, -0.1) is 0 Å². The van der Waals surface area contributed by atoms with Crippen LogP contribution < -0.4 is 9.47 Å². The highest BCUT2D eigenvalue weighted by Gasteiger charge is 2.13. The zero-order chi connectivity index (χ0) is 14.5. The summed E-state index contributed by atoms with van der Waals surface area (Å²) in [5.74, 6) is 1.18. The zero-order valence-corrected chi connectivity index (χ0v) is 11.2. The van der Waals surface area contributed by atoms with Gasteiger partial charge in [0.25, 0.3) is 0 Å². The van der Waals surface area contributed by atoms with Gasteiger partial charge in [0.15, 0.2) is 11.5 Å². The molecule has 1 aromatic carbocycles. The second kappa shape index (κ2) is 6.04. The SMILES string of the molecule is COc1cc(C#N)ccc1Oc1ncccc1[C@@H](C)O. The highest BCUT2D eigenvalue weighted by atomic mass is 16.5. The molecule has 0 spiro atoms. The molecule has 0 fully saturated rings. The van der Waals surface area contributed by atoms with E-state index in [9.17, 15) is 5.11 Å². The summed E-state index contributed by atoms with van der Waals surface area (Å²) in [6, 6.07) is 10.3. The van der Waals surface area contributed by atoms with Crippen molar-refractivity contribution in [3.8, 4) is 23.4 Å². The van der Waals surface area contributed by atoms with Gasteiger partial charge >= 0.3 is 0 Å². The van der Waals surface area contributed by atoms with Crippen LogP contribution in [-0.4, -0.2) is 17.2 Å². The Morgan fingerprint density at radius 2 is 2.10 bits per heavy atom. The Morgan fingerprint density at radius 1 is 1.30 bits per heavy atom. The monoisotopic (exact) mass is 270 g/mol. The Hall–Kier alpha value is -2.58. The molecule has 5 heteroatoms. The maximum atomic E-state index is 9.70. The summed E-state index contributed by atoms with van der Waals surface area (Å²) in [6.07, 6.45) is 0.889. The predicted molar refractivity (Wildman–Crippen MR) is 72.7 cm³/mol. The molecule has 5 nitrogen and oxygen atoms in total. The molecule has 1 aromatic heterocycles. The third kappa shape index (κ3) is 2.87. The van der Waals surface area contributed by atoms with Gasteiger partial charge in [-0.2, -0.15) is 5.26 Å². The number of nitrogens with zero attached hydrogens (tertiary/aromatic N) is 2. The van der Waals surface area contributed by atoms with Gasteiger partial charge in [-0.05, 0) is 31.2 Å². The summed E-state index contributed by atoms with van der Waals surface area (Å²) in [6.45, 7) is 1.64. The summed E-state index contributed by atoms with van der Waals surface area (Å²) in [4.78, 5) is 4.11. The van der Waals surface area contributed by atoms with Gasteiger partial charge in [0.1, 0.15) is 0 Å². The Morgan fingerprint density at radius 3 is 2.75 bits per heavy atom. The first kappa shape index (κ1) is 13.8. The van der Waals surface area contributed by atoms with Crippen molar-refractivity contribution in [2.24, 2.45) is 0 Å². The average Bonchev–Trinajstić information content (AvgIpc) is 2.48. The van der Waals surface area contributed by atoms with E-state index in [1.54, 1.807) is 43.5 Å². The molecule has 1 atom stereocenters. The summed E-state index contributed by atoms with van der Waals surface area (Å²) >= 11 is 0. The van der Waals surface area contributed by atoms with Gasteiger partial charge in [0, 0.05) is 17.8 Å². The molecule has 102 valence electrons. The van der Waals surface area contributed by atoms with Crippen LogP contribution >= 0.6 is 0 Å². The normalized spacial score (nSPS) is 11.5. The van der Waals surface area contributed by atoms with E-state index < -0.39 is 6.10 Å². The summed E-state index contributed by atoms with van der Waals surface area (Å²) < 4.78 is 10.9. The van der Waals surface area contributed by atoms with E-state index in [2.05, 4.69) is 4.98 Å². The number of aliphatic hydroxyl groups is 1. The fourth-order valence-electron chi connectivity index (χ4n) is 1.73. The number of rotatable bonds is 4. The minimum absolute atomic E-state index is 0.311. The maximum absolute atomic E-state index is 9.70. The quantitative estimate of drug-likeness (QED) is 0.924. The smallest absolute Gasteiger partial charge is 0.225 e. The number of hydrogen-bond donors (Lipinski definition) is 1. The molecule has 1 N–H and O–H groups in total. The molecule has 0 radical (unpaired) electrons. The third-order valence-corrected chi connectivity index (χ3v) is 2.75. The molecule has 2 aromatic rings. The lowest BCUT2D eigenvalue weighted by atomic mass is 10.2. The number of benzene rings is 1. The van der Waals surface area contributed by atoms with E-state index in [0.717, 1.165) is 0 Å². The number of nitriles is 1. The molecule has 0 aliphatic rings. The Labute approximate surface area is 117 Å². The van der Waals surface area contributed by atoms with Crippen LogP contribution in [0.25, 0.3) is 0 Å². The van der Waals surface area contributed by atoms with Crippen LogP contribution in [0.3, 0.4) is 0 Å². The Kier molecular flexibility index (Phi) is 4.18. The average molecular weight is 270 g/mol. The molecule has 0 bridgehead atoms. The van der Waals surface area contributed by atoms with E-state index in [0.29, 0.717) is 28.5 Å². The van der Waals surface area contributed by atoms with Crippen LogP contribution in [0.1, 0.15) is 24.2 Å². The van der Waals surface area contributed by atoms with Crippen molar-refractivity contribution >= 4 is 0 Å². The summed E-state index contributed by atoms with van der Waals surface area (Å²) in [5.41, 5.74) is 1.06. The first-order valence-electron chi connectivity index (χ1n) is 6.04. The number of pyridine rings is 1. The minimum Gasteiger partial charge on any atom is -0.493 e. The second-order valence-electron chi connectivity index (χ2n) is 4.15. The highest BCUT2D eigenvalue weighted by molar-refractivity contribution is 5.48. The fraction of sp³-hybridized carbons (Fsp3) is 0.200. The van der Waals surface area contributed by atoms with Crippen LogP contribution in [0.4, 0.5) is 0 Å². The third-order valence-electron chi connectivity index (χ3n) is 2.75. The fourth-order valence-corrected chi connectivity index (χ4v) is 1.73. The van der Waals surface area contributed by atoms with Gasteiger partial charge in [0.05, 0.1) is 24.8 Å². The van der Waals surface area contributed by atoms with Crippen molar-refractivity contribution in [1.82, 2.24) is 4.98 Å². The number of aromatic nitrogens is 1. The number of hydrogen-bond acceptors (Lipinski definition) is 5. The molecular formula is C15H14N2O3. The lowest BCUT2D eigenvalue weighted by Crippen LogP contribution is -1.99. The minimum atomic E-state index is -0.692. The van der Waals surface area contributed by atoms with Gasteiger partial charge < -0.3 is 14.6 Å². The zero-order valence-electron chi connectivity index (χ0n) is 11.2. The lowest BCUT2D eigenvalue weighted by Gasteiger charge is -2.13. The van der Waals surface area contributed by atoms with Crippen molar-refractivity contribution in [3.05, 3.63) is 47.7 Å². The van der Waals surface area contributed by atoms with Crippen LogP contribution in [0.2, 0.25) is 0 Å². The van der Waals surface area contributed by atoms with Crippen LogP contribution in [0, 0.1) is 11.3 Å². The lowest BCUT2D eigenvalue weighted by molar-refractivity contribution is 0.194. The van der Waals surface area contributed by atoms with Gasteiger partial charge in [-0.1, -0.05) is 0 Å². The predicted octanol–water partition coefficient (Wildman–Crippen LogP) is 2.81. The van der Waals surface area contributed by atoms with E-state index in [1.165, 1.54) is 7.11 Å². The number of aliphatic hydroxyl groups excluding tert-OH is 1. The largest absolute Gasteiger partial charge is 0.493 e. The van der Waals surface area contributed by atoms with E-state index in [-0.39, 0.29) is 0 Å². The van der Waals surface area contributed by atoms with E-state index in [1.807, 2.05) is 6.07 Å². The summed E-state index contributed by atoms with van der Waals surface area (Å²) in [5, 5.41) is 18.6. The molecule has 0 unspecified atom stereocenters. The highest BCUT2D eigenvalue weighted by Crippen LogP contribution is 2.34. The first-order chi connectivity index (χ1) is 9.65. The van der Waals surface area contributed by atoms with Crippen LogP contribution in [-0.2, 0) is 0 Å². The number of methoxy groups -OCH3 is 1. The maximum Gasteiger partial charge on any atom is 0.225 e. The standard InChI is InChI=1S/C15H14N2O3/c1-10(18)12-4-3-7-17-15(12)20-13-6-5-11(9-16)8-14(13)19-2/h3-8,10,18H,1-2H3/t10-/m1/s1. The summed E-state index contributed by atoms with van der Waals surface area (Å²) in [7, 11) is 1.50. The molecule has 0 aliphatic heterocycles. The van der Waals surface area contributed by atoms with E-state index in [4.69, 9.17) is 14.7 Å². The van der Waals surface area contributed by atoms with E-state index >= 15 is 0 Å². The Balaban J connectivity index is 2.38. The molecular weight excluding hydrogens is 256 g/mol. The van der Waals surface area contributed by atoms with Crippen molar-refractivity contribution in [1.29, 1.82) is 5.26 Å². The van der Waals surface area contributed by atoms with Crippen molar-refractivity contribution < 1.29 is 14.6 Å². The molecule has 20 heavy (non-hydrogen) atoms. The van der Waals surface area contributed by atoms with Crippen molar-refractivity contribution in [2.75, 3.05) is 7.11 Å². The molecule has 0 saturated carbocycles. The molecule has 2 rings (SSSR count). The number of ether oxygens (including phenoxy) is 2. The van der Waals surface area contributed by atoms with Crippen LogP contribution in [0.5, 0.6) is 17.4 Å². The van der Waals surface area contributed by atoms with Crippen molar-refractivity contribution in [3.63, 3.8) is 0 Å². The molecule has 0 saturated heterocycles. The first-order valence-corrected chi connectivity index (χ1v) is 6.04. The Bertz CT molecular complexity index is 648. The molecule has 0 aliphatic carbocycles. The van der Waals surface area contributed by atoms with Gasteiger partial charge in [-0.25, -0.2) is 4.98 Å². The van der Waals surface area contributed by atoms with Gasteiger partial charge in [-0.3, -0.25) is 0 Å². The second-order valence-corrected chi connectivity index (χ2v) is 4.15. The molecule has 0 amide bonds. The molecule has 1 heterocycles. The van der Waals surface area contributed by atoms with Crippen LogP contribution in [0.15, 0.2) is 36.5 Å². The van der Waals surface area contributed by atoms with Crippen molar-refractivity contribution in [2.45, 2.75) is 13.0 Å².